The molecule has 0 radical (unpaired) electrons. The van der Waals surface area contributed by atoms with E-state index in [9.17, 15) is 29.1 Å². The average Bonchev–Trinajstić information content (AvgIpc) is 3.27. The maximum atomic E-state index is 13.1. The third-order valence-electron chi connectivity index (χ3n) is 5.29. The van der Waals surface area contributed by atoms with Crippen molar-refractivity contribution in [3.05, 3.63) is 35.9 Å². The van der Waals surface area contributed by atoms with Gasteiger partial charge in [-0.1, -0.05) is 30.3 Å². The van der Waals surface area contributed by atoms with E-state index in [1.54, 1.807) is 30.3 Å². The number of carbonyl (C=O) groups excluding carboxylic acids is 4. The highest BCUT2D eigenvalue weighted by molar-refractivity contribution is 5.96. The second-order valence-corrected chi connectivity index (χ2v) is 7.80. The average molecular weight is 463 g/mol. The Hall–Kier alpha value is -3.51. The van der Waals surface area contributed by atoms with Gasteiger partial charge < -0.3 is 37.2 Å². The Balaban J connectivity index is 2.13. The molecule has 33 heavy (non-hydrogen) atoms. The molecule has 0 aliphatic carbocycles. The van der Waals surface area contributed by atoms with Gasteiger partial charge in [-0.15, -0.1) is 0 Å². The first-order valence-electron chi connectivity index (χ1n) is 10.5. The standard InChI is InChI=1S/C21H29N5O7/c22-13(11-27)18(29)24-14(10-17(23)28)20(31)26-8-4-7-16(26)19(30)25-15(21(32)33)9-12-5-2-1-3-6-12/h1-3,5-6,13-16,27H,4,7-11,22H2,(H2,23,28)(H,24,29)(H,25,30)(H,32,33). The molecule has 8 N–H and O–H groups in total. The van der Waals surface area contributed by atoms with Gasteiger partial charge in [0, 0.05) is 13.0 Å². The van der Waals surface area contributed by atoms with E-state index in [-0.39, 0.29) is 19.4 Å². The highest BCUT2D eigenvalue weighted by Crippen LogP contribution is 2.20. The Labute approximate surface area is 190 Å². The third-order valence-corrected chi connectivity index (χ3v) is 5.29. The third kappa shape index (κ3) is 7.26. The van der Waals surface area contributed by atoms with Crippen molar-refractivity contribution in [3.8, 4) is 0 Å². The first-order valence-corrected chi connectivity index (χ1v) is 10.5. The van der Waals surface area contributed by atoms with Crippen LogP contribution in [-0.4, -0.2) is 82.0 Å². The minimum absolute atomic E-state index is 0.0575. The zero-order valence-electron chi connectivity index (χ0n) is 18.0. The van der Waals surface area contributed by atoms with Crippen LogP contribution in [0.15, 0.2) is 30.3 Å². The van der Waals surface area contributed by atoms with Crippen molar-refractivity contribution < 1.29 is 34.2 Å². The van der Waals surface area contributed by atoms with Gasteiger partial charge in [-0.3, -0.25) is 19.2 Å². The summed E-state index contributed by atoms with van der Waals surface area (Å²) in [6, 6.07) is 3.90. The number of primary amides is 1. The Kier molecular flexibility index (Phi) is 9.30. The zero-order chi connectivity index (χ0) is 24.5. The molecular weight excluding hydrogens is 434 g/mol. The molecule has 2 rings (SSSR count). The molecule has 0 aromatic heterocycles. The van der Waals surface area contributed by atoms with Crippen molar-refractivity contribution in [3.63, 3.8) is 0 Å². The number of aliphatic hydroxyl groups excluding tert-OH is 1. The number of carbonyl (C=O) groups is 5. The van der Waals surface area contributed by atoms with Gasteiger partial charge in [0.15, 0.2) is 0 Å². The number of likely N-dealkylation sites (tertiary alicyclic amines) is 1. The number of carboxylic acid groups (broad SMARTS) is 1. The van der Waals surface area contributed by atoms with Crippen LogP contribution >= 0.6 is 0 Å². The number of nitrogens with one attached hydrogen (secondary N) is 2. The van der Waals surface area contributed by atoms with E-state index in [1.165, 1.54) is 4.90 Å². The first kappa shape index (κ1) is 25.7. The van der Waals surface area contributed by atoms with E-state index in [0.29, 0.717) is 12.0 Å². The number of hydrogen-bond donors (Lipinski definition) is 6. The molecule has 1 aliphatic rings. The van der Waals surface area contributed by atoms with Crippen LogP contribution in [0.25, 0.3) is 0 Å². The van der Waals surface area contributed by atoms with Crippen LogP contribution in [0, 0.1) is 0 Å². The predicted octanol–water partition coefficient (Wildman–Crippen LogP) is -2.53. The van der Waals surface area contributed by atoms with Crippen LogP contribution in [0.1, 0.15) is 24.8 Å². The summed E-state index contributed by atoms with van der Waals surface area (Å²) in [6.07, 6.45) is 0.275. The van der Waals surface area contributed by atoms with Crippen molar-refractivity contribution >= 4 is 29.6 Å². The van der Waals surface area contributed by atoms with Crippen molar-refractivity contribution in [2.45, 2.75) is 49.9 Å². The van der Waals surface area contributed by atoms with E-state index < -0.39 is 66.8 Å². The summed E-state index contributed by atoms with van der Waals surface area (Å²) in [5, 5.41) is 23.3. The van der Waals surface area contributed by atoms with Crippen LogP contribution < -0.4 is 22.1 Å². The summed E-state index contributed by atoms with van der Waals surface area (Å²) in [4.78, 5) is 62.3. The molecule has 1 aromatic rings. The molecule has 12 nitrogen and oxygen atoms in total. The van der Waals surface area contributed by atoms with Crippen molar-refractivity contribution in [1.29, 1.82) is 0 Å². The number of hydrogen-bond acceptors (Lipinski definition) is 7. The fraction of sp³-hybridized carbons (Fsp3) is 0.476. The SMILES string of the molecule is NC(=O)CC(NC(=O)C(N)CO)C(=O)N1CCCC1C(=O)NC(Cc1ccccc1)C(=O)O. The van der Waals surface area contributed by atoms with Gasteiger partial charge in [-0.2, -0.15) is 0 Å². The Bertz CT molecular complexity index is 879. The number of aliphatic hydroxyl groups is 1. The van der Waals surface area contributed by atoms with Crippen molar-refractivity contribution in [2.75, 3.05) is 13.2 Å². The molecule has 180 valence electrons. The van der Waals surface area contributed by atoms with E-state index in [4.69, 9.17) is 16.6 Å². The van der Waals surface area contributed by atoms with Gasteiger partial charge in [0.1, 0.15) is 24.2 Å². The molecule has 1 aliphatic heterocycles. The molecule has 4 unspecified atom stereocenters. The van der Waals surface area contributed by atoms with Crippen molar-refractivity contribution in [1.82, 2.24) is 15.5 Å². The lowest BCUT2D eigenvalue weighted by atomic mass is 10.0. The van der Waals surface area contributed by atoms with Crippen molar-refractivity contribution in [2.24, 2.45) is 11.5 Å². The smallest absolute Gasteiger partial charge is 0.326 e. The first-order chi connectivity index (χ1) is 15.6. The van der Waals surface area contributed by atoms with E-state index in [2.05, 4.69) is 10.6 Å². The maximum Gasteiger partial charge on any atom is 0.326 e. The Morgan fingerprint density at radius 1 is 1.09 bits per heavy atom. The summed E-state index contributed by atoms with van der Waals surface area (Å²) >= 11 is 0. The molecular formula is C21H29N5O7. The molecule has 1 fully saturated rings. The number of carboxylic acids is 1. The summed E-state index contributed by atoms with van der Waals surface area (Å²) < 4.78 is 0. The molecule has 1 saturated heterocycles. The monoisotopic (exact) mass is 463 g/mol. The maximum absolute atomic E-state index is 13.1. The number of benzene rings is 1. The van der Waals surface area contributed by atoms with Gasteiger partial charge in [-0.05, 0) is 18.4 Å². The van der Waals surface area contributed by atoms with E-state index in [1.807, 2.05) is 0 Å². The van der Waals surface area contributed by atoms with Crippen LogP contribution in [0.3, 0.4) is 0 Å². The summed E-state index contributed by atoms with van der Waals surface area (Å²) in [6.45, 7) is -0.499. The van der Waals surface area contributed by atoms with Gasteiger partial charge >= 0.3 is 5.97 Å². The minimum Gasteiger partial charge on any atom is -0.480 e. The predicted molar refractivity (Wildman–Crippen MR) is 115 cm³/mol. The number of aliphatic carboxylic acids is 1. The number of amides is 4. The minimum atomic E-state index is -1.37. The highest BCUT2D eigenvalue weighted by Gasteiger charge is 2.39. The summed E-state index contributed by atoms with van der Waals surface area (Å²) in [5.74, 6) is -4.31. The normalized spacial score (nSPS) is 18.1. The molecule has 4 atom stereocenters. The van der Waals surface area contributed by atoms with Crippen LogP contribution in [0.4, 0.5) is 0 Å². The van der Waals surface area contributed by atoms with Gasteiger partial charge in [0.25, 0.3) is 0 Å². The van der Waals surface area contributed by atoms with Gasteiger partial charge in [-0.25, -0.2) is 4.79 Å². The van der Waals surface area contributed by atoms with E-state index >= 15 is 0 Å². The Morgan fingerprint density at radius 3 is 2.33 bits per heavy atom. The lowest BCUT2D eigenvalue weighted by molar-refractivity contribution is -0.145. The summed E-state index contributed by atoms with van der Waals surface area (Å²) in [7, 11) is 0. The van der Waals surface area contributed by atoms with Gasteiger partial charge in [0.2, 0.25) is 23.6 Å². The molecule has 12 heteroatoms. The largest absolute Gasteiger partial charge is 0.480 e. The molecule has 0 saturated carbocycles. The van der Waals surface area contributed by atoms with Crippen LogP contribution in [0.5, 0.6) is 0 Å². The number of nitrogens with zero attached hydrogens (tertiary/aromatic N) is 1. The second kappa shape index (κ2) is 11.9. The molecule has 0 bridgehead atoms. The molecule has 1 aromatic carbocycles. The lowest BCUT2D eigenvalue weighted by Crippen LogP contribution is -2.58. The number of nitrogens with two attached hydrogens (primary N) is 2. The summed E-state index contributed by atoms with van der Waals surface area (Å²) in [5.41, 5.74) is 11.4. The zero-order valence-corrected chi connectivity index (χ0v) is 18.0. The second-order valence-electron chi connectivity index (χ2n) is 7.80. The van der Waals surface area contributed by atoms with Crippen LogP contribution in [0.2, 0.25) is 0 Å². The van der Waals surface area contributed by atoms with Gasteiger partial charge in [0.05, 0.1) is 13.0 Å². The van der Waals surface area contributed by atoms with Crippen LogP contribution in [-0.2, 0) is 30.4 Å². The fourth-order valence-electron chi connectivity index (χ4n) is 3.58. The quantitative estimate of drug-likeness (QED) is 0.206. The lowest BCUT2D eigenvalue weighted by Gasteiger charge is -2.29. The molecule has 0 spiro atoms. The molecule has 1 heterocycles. The topological polar surface area (TPSA) is 205 Å². The number of rotatable bonds is 11. The highest BCUT2D eigenvalue weighted by atomic mass is 16.4. The Morgan fingerprint density at radius 2 is 1.76 bits per heavy atom. The fourth-order valence-corrected chi connectivity index (χ4v) is 3.58. The van der Waals surface area contributed by atoms with E-state index in [0.717, 1.165) is 0 Å². The molecule has 4 amide bonds.